The van der Waals surface area contributed by atoms with E-state index in [9.17, 15) is 0 Å². The quantitative estimate of drug-likeness (QED) is 0.809. The molecule has 0 aliphatic carbocycles. The molecular weight excluding hydrogens is 218 g/mol. The van der Waals surface area contributed by atoms with Crippen molar-refractivity contribution in [3.05, 3.63) is 28.7 Å². The predicted molar refractivity (Wildman–Crippen MR) is 53.0 cm³/mol. The van der Waals surface area contributed by atoms with E-state index >= 15 is 0 Å². The molecule has 1 unspecified atom stereocenters. The van der Waals surface area contributed by atoms with Gasteiger partial charge in [-0.25, -0.2) is 0 Å². The highest BCUT2D eigenvalue weighted by Gasteiger charge is 2.00. The molecule has 66 valence electrons. The zero-order valence-corrected chi connectivity index (χ0v) is 8.54. The molecule has 0 aromatic heterocycles. The van der Waals surface area contributed by atoms with Crippen LogP contribution in [0.3, 0.4) is 0 Å². The summed E-state index contributed by atoms with van der Waals surface area (Å²) in [6.07, 6.45) is 0.603. The third-order valence-electron chi connectivity index (χ3n) is 1.49. The van der Waals surface area contributed by atoms with Crippen LogP contribution >= 0.6 is 15.9 Å². The van der Waals surface area contributed by atoms with E-state index in [0.717, 1.165) is 16.6 Å². The van der Waals surface area contributed by atoms with Gasteiger partial charge < -0.3 is 4.74 Å². The third kappa shape index (κ3) is 2.83. The maximum Gasteiger partial charge on any atom is 0.147 e. The highest BCUT2D eigenvalue weighted by molar-refractivity contribution is 9.10. The molecule has 2 nitrogen and oxygen atoms in total. The Labute approximate surface area is 80.8 Å². The van der Waals surface area contributed by atoms with Gasteiger partial charge in [0.2, 0.25) is 0 Å². The number of halogens is 1. The second-order valence-electron chi connectivity index (χ2n) is 2.52. The molecule has 0 saturated heterocycles. The number of ether oxygens (including phenoxy) is 1. The van der Waals surface area contributed by atoms with Gasteiger partial charge in [-0.3, -0.25) is 5.73 Å². The molecule has 0 amide bonds. The van der Waals surface area contributed by atoms with Gasteiger partial charge in [-0.1, -0.05) is 28.9 Å². The van der Waals surface area contributed by atoms with Gasteiger partial charge in [0, 0.05) is 4.47 Å². The molecule has 0 heterocycles. The first-order chi connectivity index (χ1) is 5.72. The molecular formula is C9H12BrNO. The van der Waals surface area contributed by atoms with Crippen LogP contribution in [-0.2, 0) is 0 Å². The van der Waals surface area contributed by atoms with Crippen LogP contribution in [-0.4, -0.2) is 6.23 Å². The SMILES string of the molecule is CCC(N)Oc1cccc(Br)c1. The summed E-state index contributed by atoms with van der Waals surface area (Å²) in [4.78, 5) is 0. The molecule has 0 aliphatic heterocycles. The van der Waals surface area contributed by atoms with E-state index in [-0.39, 0.29) is 6.23 Å². The molecule has 12 heavy (non-hydrogen) atoms. The molecule has 0 saturated carbocycles. The fourth-order valence-corrected chi connectivity index (χ4v) is 1.18. The smallest absolute Gasteiger partial charge is 0.147 e. The van der Waals surface area contributed by atoms with Gasteiger partial charge in [0.25, 0.3) is 0 Å². The molecule has 0 spiro atoms. The highest BCUT2D eigenvalue weighted by Crippen LogP contribution is 2.18. The standard InChI is InChI=1S/C9H12BrNO/c1-2-9(11)12-8-5-3-4-7(10)6-8/h3-6,9H,2,11H2,1H3. The lowest BCUT2D eigenvalue weighted by Crippen LogP contribution is -2.25. The van der Waals surface area contributed by atoms with Crippen molar-refractivity contribution in [3.63, 3.8) is 0 Å². The van der Waals surface area contributed by atoms with Crippen molar-refractivity contribution < 1.29 is 4.74 Å². The molecule has 1 aromatic rings. The van der Waals surface area contributed by atoms with Crippen LogP contribution in [0, 0.1) is 0 Å². The van der Waals surface area contributed by atoms with Crippen molar-refractivity contribution in [2.45, 2.75) is 19.6 Å². The molecule has 0 radical (unpaired) electrons. The Morgan fingerprint density at radius 3 is 2.92 bits per heavy atom. The minimum Gasteiger partial charge on any atom is -0.476 e. The summed E-state index contributed by atoms with van der Waals surface area (Å²) in [5.41, 5.74) is 5.62. The monoisotopic (exact) mass is 229 g/mol. The Kier molecular flexibility index (Phi) is 3.56. The van der Waals surface area contributed by atoms with E-state index in [2.05, 4.69) is 15.9 Å². The van der Waals surface area contributed by atoms with E-state index in [1.165, 1.54) is 0 Å². The van der Waals surface area contributed by atoms with Crippen LogP contribution in [0.25, 0.3) is 0 Å². The van der Waals surface area contributed by atoms with Gasteiger partial charge in [-0.05, 0) is 24.6 Å². The Hall–Kier alpha value is -0.540. The molecule has 0 aliphatic rings. The minimum absolute atomic E-state index is 0.209. The first-order valence-electron chi connectivity index (χ1n) is 3.90. The van der Waals surface area contributed by atoms with Crippen LogP contribution in [0.4, 0.5) is 0 Å². The van der Waals surface area contributed by atoms with Crippen molar-refractivity contribution in [1.29, 1.82) is 0 Å². The Bertz CT molecular complexity index is 252. The van der Waals surface area contributed by atoms with Crippen molar-refractivity contribution in [2.24, 2.45) is 5.73 Å². The topological polar surface area (TPSA) is 35.2 Å². The summed E-state index contributed by atoms with van der Waals surface area (Å²) in [5, 5.41) is 0. The molecule has 0 fully saturated rings. The van der Waals surface area contributed by atoms with E-state index in [1.807, 2.05) is 31.2 Å². The first-order valence-corrected chi connectivity index (χ1v) is 4.69. The first kappa shape index (κ1) is 9.55. The zero-order chi connectivity index (χ0) is 8.97. The Morgan fingerprint density at radius 2 is 2.33 bits per heavy atom. The normalized spacial score (nSPS) is 12.6. The maximum atomic E-state index is 5.62. The van der Waals surface area contributed by atoms with Gasteiger partial charge in [0.15, 0.2) is 0 Å². The van der Waals surface area contributed by atoms with Crippen molar-refractivity contribution in [2.75, 3.05) is 0 Å². The van der Waals surface area contributed by atoms with Crippen LogP contribution < -0.4 is 10.5 Å². The maximum absolute atomic E-state index is 5.62. The average Bonchev–Trinajstić information content (AvgIpc) is 2.04. The van der Waals surface area contributed by atoms with Crippen molar-refractivity contribution in [3.8, 4) is 5.75 Å². The average molecular weight is 230 g/mol. The second-order valence-corrected chi connectivity index (χ2v) is 3.44. The summed E-state index contributed by atoms with van der Waals surface area (Å²) in [7, 11) is 0. The zero-order valence-electron chi connectivity index (χ0n) is 6.96. The van der Waals surface area contributed by atoms with E-state index in [1.54, 1.807) is 0 Å². The van der Waals surface area contributed by atoms with Crippen LogP contribution in [0.15, 0.2) is 28.7 Å². The summed E-state index contributed by atoms with van der Waals surface area (Å²) >= 11 is 3.35. The summed E-state index contributed by atoms with van der Waals surface area (Å²) in [6.45, 7) is 1.99. The highest BCUT2D eigenvalue weighted by atomic mass is 79.9. The predicted octanol–water partition coefficient (Wildman–Crippen LogP) is 2.52. The number of nitrogens with two attached hydrogens (primary N) is 1. The molecule has 0 bridgehead atoms. The Morgan fingerprint density at radius 1 is 1.58 bits per heavy atom. The fraction of sp³-hybridized carbons (Fsp3) is 0.333. The second kappa shape index (κ2) is 4.48. The van der Waals surface area contributed by atoms with Crippen LogP contribution in [0.2, 0.25) is 0 Å². The van der Waals surface area contributed by atoms with Gasteiger partial charge in [-0.15, -0.1) is 0 Å². The van der Waals surface area contributed by atoms with Gasteiger partial charge in [0.05, 0.1) is 0 Å². The third-order valence-corrected chi connectivity index (χ3v) is 1.98. The van der Waals surface area contributed by atoms with E-state index in [4.69, 9.17) is 10.5 Å². The van der Waals surface area contributed by atoms with Crippen molar-refractivity contribution in [1.82, 2.24) is 0 Å². The van der Waals surface area contributed by atoms with Crippen molar-refractivity contribution >= 4 is 15.9 Å². The molecule has 3 heteroatoms. The molecule has 1 rings (SSSR count). The number of hydrogen-bond acceptors (Lipinski definition) is 2. The van der Waals surface area contributed by atoms with E-state index in [0.29, 0.717) is 0 Å². The fourth-order valence-electron chi connectivity index (χ4n) is 0.798. The van der Waals surface area contributed by atoms with E-state index < -0.39 is 0 Å². The lowest BCUT2D eigenvalue weighted by Gasteiger charge is -2.11. The minimum atomic E-state index is -0.209. The molecule has 1 aromatic carbocycles. The number of rotatable bonds is 3. The van der Waals surface area contributed by atoms with Gasteiger partial charge in [-0.2, -0.15) is 0 Å². The number of benzene rings is 1. The van der Waals surface area contributed by atoms with Gasteiger partial charge >= 0.3 is 0 Å². The summed E-state index contributed by atoms with van der Waals surface area (Å²) in [6, 6.07) is 7.65. The Balaban J connectivity index is 2.63. The number of hydrogen-bond donors (Lipinski definition) is 1. The largest absolute Gasteiger partial charge is 0.476 e. The molecule has 1 atom stereocenters. The lowest BCUT2D eigenvalue weighted by atomic mass is 10.3. The van der Waals surface area contributed by atoms with Crippen LogP contribution in [0.1, 0.15) is 13.3 Å². The summed E-state index contributed by atoms with van der Waals surface area (Å²) < 4.78 is 6.40. The van der Waals surface area contributed by atoms with Crippen LogP contribution in [0.5, 0.6) is 5.75 Å². The lowest BCUT2D eigenvalue weighted by molar-refractivity contribution is 0.205. The summed E-state index contributed by atoms with van der Waals surface area (Å²) in [5.74, 6) is 0.804. The molecule has 2 N–H and O–H groups in total. The van der Waals surface area contributed by atoms with Gasteiger partial charge in [0.1, 0.15) is 12.0 Å².